The average Bonchev–Trinajstić information content (AvgIpc) is 3.20. The Kier molecular flexibility index (Phi) is 3.35. The highest BCUT2D eigenvalue weighted by molar-refractivity contribution is 7.10. The SMILES string of the molecule is O=c1cc(CN2CCc3sccc3C2)c2cc3c(cc2o1)CCC3. The molecule has 4 heteroatoms. The number of fused-ring (bicyclic) bond motifs is 3. The zero-order chi connectivity index (χ0) is 16.1. The van der Waals surface area contributed by atoms with E-state index >= 15 is 0 Å². The molecule has 2 aromatic heterocycles. The van der Waals surface area contributed by atoms with Gasteiger partial charge in [-0.05, 0) is 71.5 Å². The molecule has 122 valence electrons. The third-order valence-corrected chi connectivity index (χ3v) is 6.35. The second-order valence-electron chi connectivity index (χ2n) is 6.89. The van der Waals surface area contributed by atoms with Crippen LogP contribution < -0.4 is 5.63 Å². The van der Waals surface area contributed by atoms with E-state index in [-0.39, 0.29) is 5.63 Å². The summed E-state index contributed by atoms with van der Waals surface area (Å²) in [6, 6.07) is 8.27. The molecule has 3 nitrogen and oxygen atoms in total. The van der Waals surface area contributed by atoms with Crippen LogP contribution in [-0.4, -0.2) is 11.4 Å². The Morgan fingerprint density at radius 3 is 2.88 bits per heavy atom. The molecule has 0 fully saturated rings. The van der Waals surface area contributed by atoms with Gasteiger partial charge in [-0.15, -0.1) is 11.3 Å². The zero-order valence-corrected chi connectivity index (χ0v) is 14.3. The number of nitrogens with zero attached hydrogens (tertiary/aromatic N) is 1. The minimum absolute atomic E-state index is 0.233. The molecule has 0 radical (unpaired) electrons. The van der Waals surface area contributed by atoms with Crippen molar-refractivity contribution in [1.29, 1.82) is 0 Å². The van der Waals surface area contributed by atoms with Crippen molar-refractivity contribution in [2.75, 3.05) is 6.54 Å². The number of aryl methyl sites for hydroxylation is 2. The van der Waals surface area contributed by atoms with Crippen LogP contribution in [0.1, 0.15) is 33.6 Å². The van der Waals surface area contributed by atoms with Crippen LogP contribution >= 0.6 is 11.3 Å². The van der Waals surface area contributed by atoms with Crippen LogP contribution in [0.3, 0.4) is 0 Å². The molecule has 0 amide bonds. The first-order chi connectivity index (χ1) is 11.8. The number of thiophene rings is 1. The molecule has 3 heterocycles. The van der Waals surface area contributed by atoms with E-state index in [9.17, 15) is 4.79 Å². The molecule has 0 bridgehead atoms. The molecule has 0 saturated heterocycles. The Labute approximate surface area is 144 Å². The summed E-state index contributed by atoms with van der Waals surface area (Å²) in [7, 11) is 0. The fourth-order valence-corrected chi connectivity index (χ4v) is 5.00. The fraction of sp³-hybridized carbons (Fsp3) is 0.350. The van der Waals surface area contributed by atoms with Crippen molar-refractivity contribution in [3.63, 3.8) is 0 Å². The number of rotatable bonds is 2. The van der Waals surface area contributed by atoms with Gasteiger partial charge in [0.2, 0.25) is 0 Å². The lowest BCUT2D eigenvalue weighted by Gasteiger charge is -2.27. The molecule has 0 atom stereocenters. The van der Waals surface area contributed by atoms with E-state index in [2.05, 4.69) is 28.5 Å². The molecule has 2 aliphatic rings. The Hall–Kier alpha value is -1.91. The van der Waals surface area contributed by atoms with Gasteiger partial charge in [0.1, 0.15) is 5.58 Å². The Balaban J connectivity index is 1.53. The lowest BCUT2D eigenvalue weighted by Crippen LogP contribution is -2.29. The molecule has 3 aromatic rings. The number of hydrogen-bond acceptors (Lipinski definition) is 4. The lowest BCUT2D eigenvalue weighted by atomic mass is 10.0. The Bertz CT molecular complexity index is 985. The maximum absolute atomic E-state index is 12.0. The van der Waals surface area contributed by atoms with E-state index in [0.29, 0.717) is 0 Å². The highest BCUT2D eigenvalue weighted by Crippen LogP contribution is 2.30. The normalized spacial score (nSPS) is 17.2. The van der Waals surface area contributed by atoms with Crippen molar-refractivity contribution >= 4 is 22.3 Å². The third kappa shape index (κ3) is 2.41. The van der Waals surface area contributed by atoms with Crippen molar-refractivity contribution in [3.05, 3.63) is 67.2 Å². The summed E-state index contributed by atoms with van der Waals surface area (Å²) >= 11 is 1.86. The first kappa shape index (κ1) is 14.4. The summed E-state index contributed by atoms with van der Waals surface area (Å²) in [5.74, 6) is 0. The van der Waals surface area contributed by atoms with Gasteiger partial charge in [-0.1, -0.05) is 0 Å². The van der Waals surface area contributed by atoms with Crippen LogP contribution in [-0.2, 0) is 32.4 Å². The number of benzene rings is 1. The molecule has 0 saturated carbocycles. The molecule has 5 rings (SSSR count). The minimum Gasteiger partial charge on any atom is -0.423 e. The molecule has 1 aromatic carbocycles. The largest absolute Gasteiger partial charge is 0.423 e. The van der Waals surface area contributed by atoms with Gasteiger partial charge in [0.25, 0.3) is 0 Å². The van der Waals surface area contributed by atoms with Gasteiger partial charge in [0, 0.05) is 36.0 Å². The first-order valence-corrected chi connectivity index (χ1v) is 9.50. The summed E-state index contributed by atoms with van der Waals surface area (Å²) in [5, 5.41) is 3.30. The first-order valence-electron chi connectivity index (χ1n) is 8.62. The Morgan fingerprint density at radius 2 is 1.96 bits per heavy atom. The molecule has 24 heavy (non-hydrogen) atoms. The monoisotopic (exact) mass is 337 g/mol. The molecular formula is C20H19NO2S. The molecule has 1 aliphatic heterocycles. The summed E-state index contributed by atoms with van der Waals surface area (Å²) in [6.45, 7) is 2.85. The van der Waals surface area contributed by atoms with E-state index in [1.54, 1.807) is 6.07 Å². The fourth-order valence-electron chi connectivity index (χ4n) is 4.11. The topological polar surface area (TPSA) is 33.5 Å². The quantitative estimate of drug-likeness (QED) is 0.665. The van der Waals surface area contributed by atoms with Gasteiger partial charge in [0.15, 0.2) is 0 Å². The summed E-state index contributed by atoms with van der Waals surface area (Å²) in [5.41, 5.74) is 5.85. The van der Waals surface area contributed by atoms with E-state index in [1.807, 2.05) is 11.3 Å². The smallest absolute Gasteiger partial charge is 0.336 e. The van der Waals surface area contributed by atoms with Crippen molar-refractivity contribution < 1.29 is 4.42 Å². The highest BCUT2D eigenvalue weighted by Gasteiger charge is 2.20. The van der Waals surface area contributed by atoms with Crippen molar-refractivity contribution in [2.24, 2.45) is 0 Å². The molecule has 0 spiro atoms. The molecule has 0 N–H and O–H groups in total. The van der Waals surface area contributed by atoms with E-state index in [1.165, 1.54) is 28.0 Å². The van der Waals surface area contributed by atoms with Crippen LogP contribution in [0, 0.1) is 0 Å². The van der Waals surface area contributed by atoms with Gasteiger partial charge in [-0.25, -0.2) is 4.79 Å². The average molecular weight is 337 g/mol. The van der Waals surface area contributed by atoms with Gasteiger partial charge in [-0.2, -0.15) is 0 Å². The van der Waals surface area contributed by atoms with Crippen LogP contribution in [0.2, 0.25) is 0 Å². The molecule has 1 aliphatic carbocycles. The highest BCUT2D eigenvalue weighted by atomic mass is 32.1. The van der Waals surface area contributed by atoms with Crippen LogP contribution in [0.4, 0.5) is 0 Å². The summed E-state index contributed by atoms with van der Waals surface area (Å²) in [6.07, 6.45) is 4.57. The third-order valence-electron chi connectivity index (χ3n) is 5.32. The predicted octanol–water partition coefficient (Wildman–Crippen LogP) is 3.90. The molecular weight excluding hydrogens is 318 g/mol. The minimum atomic E-state index is -0.233. The standard InChI is InChI=1S/C20H19NO2S/c22-20-10-16(12-21-6-4-19-15(11-21)5-7-24-19)17-8-13-2-1-3-14(13)9-18(17)23-20/h5,7-10H,1-4,6,11-12H2. The predicted molar refractivity (Wildman–Crippen MR) is 96.6 cm³/mol. The van der Waals surface area contributed by atoms with E-state index in [0.717, 1.165) is 55.4 Å². The van der Waals surface area contributed by atoms with Crippen molar-refractivity contribution in [1.82, 2.24) is 4.90 Å². The van der Waals surface area contributed by atoms with Gasteiger partial charge in [-0.3, -0.25) is 4.90 Å². The molecule has 0 unspecified atom stereocenters. The van der Waals surface area contributed by atoms with Gasteiger partial charge < -0.3 is 4.42 Å². The second-order valence-corrected chi connectivity index (χ2v) is 7.89. The number of hydrogen-bond donors (Lipinski definition) is 0. The maximum Gasteiger partial charge on any atom is 0.336 e. The lowest BCUT2D eigenvalue weighted by molar-refractivity contribution is 0.248. The van der Waals surface area contributed by atoms with E-state index in [4.69, 9.17) is 4.42 Å². The van der Waals surface area contributed by atoms with Crippen molar-refractivity contribution in [2.45, 2.75) is 38.8 Å². The van der Waals surface area contributed by atoms with Crippen molar-refractivity contribution in [3.8, 4) is 0 Å². The van der Waals surface area contributed by atoms with Gasteiger partial charge in [0.05, 0.1) is 0 Å². The zero-order valence-electron chi connectivity index (χ0n) is 13.5. The van der Waals surface area contributed by atoms with Crippen LogP contribution in [0.15, 0.2) is 38.9 Å². The second kappa shape index (κ2) is 5.57. The Morgan fingerprint density at radius 1 is 1.08 bits per heavy atom. The van der Waals surface area contributed by atoms with E-state index < -0.39 is 0 Å². The summed E-state index contributed by atoms with van der Waals surface area (Å²) in [4.78, 5) is 16.0. The van der Waals surface area contributed by atoms with Crippen LogP contribution in [0.25, 0.3) is 11.0 Å². The van der Waals surface area contributed by atoms with Gasteiger partial charge >= 0.3 is 5.63 Å². The maximum atomic E-state index is 12.0. The summed E-state index contributed by atoms with van der Waals surface area (Å²) < 4.78 is 5.49. The van der Waals surface area contributed by atoms with Crippen LogP contribution in [0.5, 0.6) is 0 Å².